The third-order valence-electron chi connectivity index (χ3n) is 2.14. The smallest absolute Gasteiger partial charge is 0.232 e. The van der Waals surface area contributed by atoms with Crippen LogP contribution in [0.1, 0.15) is 11.4 Å². The molecule has 2 rings (SSSR count). The molecule has 7 heteroatoms. The van der Waals surface area contributed by atoms with Crippen molar-refractivity contribution in [3.63, 3.8) is 0 Å². The van der Waals surface area contributed by atoms with E-state index in [1.807, 2.05) is 0 Å². The van der Waals surface area contributed by atoms with Crippen molar-refractivity contribution in [2.45, 2.75) is 13.1 Å². The summed E-state index contributed by atoms with van der Waals surface area (Å²) in [4.78, 5) is 7.35. The molecule has 0 aliphatic heterocycles. The maximum Gasteiger partial charge on any atom is 0.418 e. The number of aryl methyl sites for hydroxylation is 1. The molecule has 0 aliphatic rings. The second-order valence-corrected chi connectivity index (χ2v) is 3.77. The molecule has 90 valence electrons. The van der Waals surface area contributed by atoms with E-state index in [2.05, 4.69) is 9.97 Å². The van der Waals surface area contributed by atoms with Gasteiger partial charge < -0.3 is 0 Å². The summed E-state index contributed by atoms with van der Waals surface area (Å²) < 4.78 is 51.2. The van der Waals surface area contributed by atoms with Crippen LogP contribution >= 0.6 is 11.6 Å². The highest BCUT2D eigenvalue weighted by Crippen LogP contribution is 2.36. The predicted molar refractivity (Wildman–Crippen MR) is 54.2 cm³/mol. The van der Waals surface area contributed by atoms with E-state index in [0.29, 0.717) is 6.07 Å². The molecule has 0 unspecified atom stereocenters. The number of alkyl halides is 3. The molecular weight excluding hydrogens is 260 g/mol. The number of halogens is 5. The van der Waals surface area contributed by atoms with Gasteiger partial charge in [-0.25, -0.2) is 14.4 Å². The van der Waals surface area contributed by atoms with E-state index in [1.165, 1.54) is 6.92 Å². The van der Waals surface area contributed by atoms with Gasteiger partial charge in [0, 0.05) is 5.39 Å². The van der Waals surface area contributed by atoms with Crippen LogP contribution in [-0.2, 0) is 6.18 Å². The van der Waals surface area contributed by atoms with Gasteiger partial charge in [0.1, 0.15) is 16.8 Å². The van der Waals surface area contributed by atoms with Crippen molar-refractivity contribution in [1.29, 1.82) is 0 Å². The van der Waals surface area contributed by atoms with Gasteiger partial charge in [-0.3, -0.25) is 0 Å². The molecule has 0 saturated heterocycles. The second-order valence-electron chi connectivity index (χ2n) is 3.41. The summed E-state index contributed by atoms with van der Waals surface area (Å²) in [6.45, 7) is 1.41. The molecule has 0 fully saturated rings. The number of hydrogen-bond acceptors (Lipinski definition) is 2. The van der Waals surface area contributed by atoms with Gasteiger partial charge in [-0.1, -0.05) is 11.6 Å². The van der Waals surface area contributed by atoms with Crippen molar-refractivity contribution in [1.82, 2.24) is 9.97 Å². The number of aromatic nitrogens is 2. The molecule has 1 heterocycles. The summed E-state index contributed by atoms with van der Waals surface area (Å²) >= 11 is 5.67. The Bertz CT molecular complexity index is 595. The Balaban J connectivity index is 2.93. The summed E-state index contributed by atoms with van der Waals surface area (Å²) in [6.07, 6.45) is -4.69. The molecule has 0 bridgehead atoms. The first-order valence-electron chi connectivity index (χ1n) is 4.49. The van der Waals surface area contributed by atoms with Crippen LogP contribution in [0.3, 0.4) is 0 Å². The number of fused-ring (bicyclic) bond motifs is 1. The van der Waals surface area contributed by atoms with Gasteiger partial charge >= 0.3 is 6.18 Å². The fourth-order valence-corrected chi connectivity index (χ4v) is 1.75. The van der Waals surface area contributed by atoms with Crippen LogP contribution in [-0.4, -0.2) is 9.97 Å². The molecular formula is C10H5ClF4N2. The van der Waals surface area contributed by atoms with Crippen molar-refractivity contribution in [2.75, 3.05) is 0 Å². The molecule has 2 nitrogen and oxygen atoms in total. The molecule has 0 amide bonds. The largest absolute Gasteiger partial charge is 0.418 e. The first-order valence-corrected chi connectivity index (χ1v) is 4.87. The lowest BCUT2D eigenvalue weighted by atomic mass is 10.1. The molecule has 0 saturated carbocycles. The highest BCUT2D eigenvalue weighted by atomic mass is 35.5. The van der Waals surface area contributed by atoms with E-state index in [1.54, 1.807) is 0 Å². The Morgan fingerprint density at radius 2 is 1.82 bits per heavy atom. The van der Waals surface area contributed by atoms with E-state index in [-0.39, 0.29) is 16.4 Å². The SMILES string of the molecule is Cc1nc(Cl)c2cc(F)cc(C(F)(F)F)c2n1. The number of rotatable bonds is 0. The average Bonchev–Trinajstić information content (AvgIpc) is 2.16. The van der Waals surface area contributed by atoms with Crippen molar-refractivity contribution in [3.8, 4) is 0 Å². The summed E-state index contributed by atoms with van der Waals surface area (Å²) in [7, 11) is 0. The summed E-state index contributed by atoms with van der Waals surface area (Å²) in [5.74, 6) is -0.932. The predicted octanol–water partition coefficient (Wildman–Crippen LogP) is 3.75. The normalized spacial score (nSPS) is 12.1. The van der Waals surface area contributed by atoms with E-state index in [9.17, 15) is 17.6 Å². The fourth-order valence-electron chi connectivity index (χ4n) is 1.48. The zero-order valence-electron chi connectivity index (χ0n) is 8.44. The minimum atomic E-state index is -4.69. The van der Waals surface area contributed by atoms with Gasteiger partial charge in [-0.2, -0.15) is 13.2 Å². The number of hydrogen-bond donors (Lipinski definition) is 0. The second kappa shape index (κ2) is 3.80. The number of nitrogens with zero attached hydrogens (tertiary/aromatic N) is 2. The first kappa shape index (κ1) is 12.0. The summed E-state index contributed by atoms with van der Waals surface area (Å²) in [5, 5.41) is -0.345. The molecule has 0 spiro atoms. The lowest BCUT2D eigenvalue weighted by Gasteiger charge is -2.10. The van der Waals surface area contributed by atoms with Crippen molar-refractivity contribution < 1.29 is 17.6 Å². The Morgan fingerprint density at radius 1 is 1.18 bits per heavy atom. The van der Waals surface area contributed by atoms with Crippen LogP contribution in [0.5, 0.6) is 0 Å². The molecule has 0 aliphatic carbocycles. The highest BCUT2D eigenvalue weighted by molar-refractivity contribution is 6.34. The van der Waals surface area contributed by atoms with Gasteiger partial charge in [0.15, 0.2) is 0 Å². The maximum absolute atomic E-state index is 13.1. The number of benzene rings is 1. The van der Waals surface area contributed by atoms with E-state index in [4.69, 9.17) is 11.6 Å². The van der Waals surface area contributed by atoms with Crippen LogP contribution in [0.25, 0.3) is 10.9 Å². The fraction of sp³-hybridized carbons (Fsp3) is 0.200. The van der Waals surface area contributed by atoms with E-state index >= 15 is 0 Å². The standard InChI is InChI=1S/C10H5ClF4N2/c1-4-16-8-6(9(11)17-4)2-5(12)3-7(8)10(13,14)15/h2-3H,1H3. The van der Waals surface area contributed by atoms with Gasteiger partial charge in [-0.15, -0.1) is 0 Å². The quantitative estimate of drug-likeness (QED) is 0.535. The van der Waals surface area contributed by atoms with Crippen LogP contribution in [0, 0.1) is 12.7 Å². The Kier molecular flexibility index (Phi) is 2.69. The van der Waals surface area contributed by atoms with Crippen molar-refractivity contribution in [2.24, 2.45) is 0 Å². The molecule has 1 aromatic carbocycles. The van der Waals surface area contributed by atoms with Gasteiger partial charge in [0.25, 0.3) is 0 Å². The minimum absolute atomic E-state index is 0.0969. The maximum atomic E-state index is 13.1. The zero-order valence-corrected chi connectivity index (χ0v) is 9.19. The molecule has 17 heavy (non-hydrogen) atoms. The molecule has 0 atom stereocenters. The highest BCUT2D eigenvalue weighted by Gasteiger charge is 2.34. The Labute approximate surface area is 98.2 Å². The first-order chi connectivity index (χ1) is 7.79. The topological polar surface area (TPSA) is 25.8 Å². The van der Waals surface area contributed by atoms with E-state index in [0.717, 1.165) is 6.07 Å². The monoisotopic (exact) mass is 264 g/mol. The zero-order chi connectivity index (χ0) is 12.8. The van der Waals surface area contributed by atoms with Crippen LogP contribution in [0.4, 0.5) is 17.6 Å². The van der Waals surface area contributed by atoms with Gasteiger partial charge in [0.05, 0.1) is 11.1 Å². The molecule has 1 aromatic heterocycles. The average molecular weight is 265 g/mol. The third-order valence-corrected chi connectivity index (χ3v) is 2.42. The Morgan fingerprint density at radius 3 is 2.41 bits per heavy atom. The van der Waals surface area contributed by atoms with Crippen molar-refractivity contribution in [3.05, 3.63) is 34.5 Å². The minimum Gasteiger partial charge on any atom is -0.232 e. The van der Waals surface area contributed by atoms with Crippen LogP contribution in [0.15, 0.2) is 12.1 Å². The van der Waals surface area contributed by atoms with Crippen molar-refractivity contribution >= 4 is 22.5 Å². The van der Waals surface area contributed by atoms with E-state index < -0.39 is 23.1 Å². The summed E-state index contributed by atoms with van der Waals surface area (Å²) in [5.41, 5.74) is -1.55. The molecule has 0 N–H and O–H groups in total. The molecule has 0 radical (unpaired) electrons. The molecule has 2 aromatic rings. The summed E-state index contributed by atoms with van der Waals surface area (Å²) in [6, 6.07) is 1.28. The third kappa shape index (κ3) is 2.17. The van der Waals surface area contributed by atoms with Crippen LogP contribution in [0.2, 0.25) is 5.15 Å². The Hall–Kier alpha value is -1.43. The lowest BCUT2D eigenvalue weighted by Crippen LogP contribution is -2.08. The van der Waals surface area contributed by atoms with Gasteiger partial charge in [-0.05, 0) is 19.1 Å². The van der Waals surface area contributed by atoms with Crippen LogP contribution < -0.4 is 0 Å². The van der Waals surface area contributed by atoms with Gasteiger partial charge in [0.2, 0.25) is 0 Å². The lowest BCUT2D eigenvalue weighted by molar-refractivity contribution is -0.136.